The van der Waals surface area contributed by atoms with Gasteiger partial charge >= 0.3 is 0 Å². The maximum absolute atomic E-state index is 12.9. The van der Waals surface area contributed by atoms with E-state index in [1.165, 1.54) is 10.4 Å². The minimum absolute atomic E-state index is 0.115. The quantitative estimate of drug-likeness (QED) is 0.727. The molecule has 2 aromatic carbocycles. The van der Waals surface area contributed by atoms with Crippen LogP contribution in [0.4, 0.5) is 0 Å². The first-order chi connectivity index (χ1) is 14.3. The van der Waals surface area contributed by atoms with E-state index in [1.807, 2.05) is 38.1 Å². The molecule has 0 saturated carbocycles. The van der Waals surface area contributed by atoms with Crippen molar-refractivity contribution in [2.75, 3.05) is 32.9 Å². The molecule has 0 aromatic heterocycles. The molecule has 1 atom stereocenters. The molecule has 1 N–H and O–H groups in total. The molecule has 8 heteroatoms. The lowest BCUT2D eigenvalue weighted by Crippen LogP contribution is -2.41. The van der Waals surface area contributed by atoms with Crippen LogP contribution in [0.1, 0.15) is 28.4 Å². The van der Waals surface area contributed by atoms with Gasteiger partial charge in [0.05, 0.1) is 24.2 Å². The molecule has 1 saturated heterocycles. The van der Waals surface area contributed by atoms with Crippen LogP contribution in [0.15, 0.2) is 47.4 Å². The molecule has 0 spiro atoms. The van der Waals surface area contributed by atoms with E-state index in [1.54, 1.807) is 19.1 Å². The fourth-order valence-electron chi connectivity index (χ4n) is 3.14. The number of benzene rings is 2. The number of carbonyl (C=O) groups is 1. The largest absolute Gasteiger partial charge is 0.491 e. The van der Waals surface area contributed by atoms with Gasteiger partial charge in [0, 0.05) is 18.7 Å². The van der Waals surface area contributed by atoms with Crippen molar-refractivity contribution >= 4 is 15.9 Å². The molecule has 162 valence electrons. The number of morpholine rings is 1. The van der Waals surface area contributed by atoms with Gasteiger partial charge in [-0.25, -0.2) is 8.42 Å². The highest BCUT2D eigenvalue weighted by molar-refractivity contribution is 7.89. The second-order valence-corrected chi connectivity index (χ2v) is 9.43. The number of ether oxygens (including phenoxy) is 2. The molecular weight excluding hydrogens is 404 g/mol. The molecule has 1 aliphatic heterocycles. The van der Waals surface area contributed by atoms with Crippen LogP contribution in [0.5, 0.6) is 5.75 Å². The van der Waals surface area contributed by atoms with Gasteiger partial charge in [0.15, 0.2) is 0 Å². The number of nitrogens with one attached hydrogen (secondary N) is 1. The highest BCUT2D eigenvalue weighted by Crippen LogP contribution is 2.21. The molecular formula is C22H28N2O5S. The maximum atomic E-state index is 12.9. The average Bonchev–Trinajstić information content (AvgIpc) is 2.74. The Morgan fingerprint density at radius 1 is 1.13 bits per heavy atom. The molecule has 0 radical (unpaired) electrons. The lowest BCUT2D eigenvalue weighted by Gasteiger charge is -2.26. The van der Waals surface area contributed by atoms with Crippen LogP contribution in [-0.2, 0) is 14.8 Å². The standard InChI is InChI=1S/C22H28N2O5S/c1-16-4-7-19(8-5-16)29-15-18(3)23-22(25)21-14-20(9-6-17(21)2)30(26,27)24-10-12-28-13-11-24/h4-9,14,18H,10-13,15H2,1-3H3,(H,23,25)/t18-/m1/s1. The van der Waals surface area contributed by atoms with Gasteiger partial charge in [-0.05, 0) is 50.6 Å². The van der Waals surface area contributed by atoms with E-state index >= 15 is 0 Å². The molecule has 1 amide bonds. The van der Waals surface area contributed by atoms with Gasteiger partial charge in [0.1, 0.15) is 12.4 Å². The van der Waals surface area contributed by atoms with Crippen molar-refractivity contribution in [1.82, 2.24) is 9.62 Å². The van der Waals surface area contributed by atoms with Crippen molar-refractivity contribution in [1.29, 1.82) is 0 Å². The van der Waals surface area contributed by atoms with Gasteiger partial charge in [-0.3, -0.25) is 4.79 Å². The third kappa shape index (κ3) is 5.38. The van der Waals surface area contributed by atoms with Crippen LogP contribution in [0.3, 0.4) is 0 Å². The highest BCUT2D eigenvalue weighted by Gasteiger charge is 2.27. The zero-order chi connectivity index (χ0) is 21.7. The van der Waals surface area contributed by atoms with Crippen molar-refractivity contribution in [3.63, 3.8) is 0 Å². The Morgan fingerprint density at radius 3 is 2.47 bits per heavy atom. The lowest BCUT2D eigenvalue weighted by atomic mass is 10.1. The molecule has 0 unspecified atom stereocenters. The minimum atomic E-state index is -3.66. The Labute approximate surface area is 178 Å². The minimum Gasteiger partial charge on any atom is -0.491 e. The van der Waals surface area contributed by atoms with Gasteiger partial charge in [0.2, 0.25) is 10.0 Å². The normalized spacial score (nSPS) is 16.1. The SMILES string of the molecule is Cc1ccc(OC[C@@H](C)NC(=O)c2cc(S(=O)(=O)N3CCOCC3)ccc2C)cc1. The van der Waals surface area contributed by atoms with Gasteiger partial charge in [-0.15, -0.1) is 0 Å². The molecule has 7 nitrogen and oxygen atoms in total. The first-order valence-corrected chi connectivity index (χ1v) is 11.4. The monoisotopic (exact) mass is 432 g/mol. The topological polar surface area (TPSA) is 84.9 Å². The summed E-state index contributed by atoms with van der Waals surface area (Å²) in [6.45, 7) is 7.30. The summed E-state index contributed by atoms with van der Waals surface area (Å²) in [6.07, 6.45) is 0. The summed E-state index contributed by atoms with van der Waals surface area (Å²) in [6, 6.07) is 12.1. The first-order valence-electron chi connectivity index (χ1n) is 9.96. The van der Waals surface area contributed by atoms with Crippen LogP contribution < -0.4 is 10.1 Å². The Morgan fingerprint density at radius 2 is 1.80 bits per heavy atom. The first kappa shape index (κ1) is 22.3. The molecule has 30 heavy (non-hydrogen) atoms. The number of nitrogens with zero attached hydrogens (tertiary/aromatic N) is 1. The average molecular weight is 433 g/mol. The van der Waals surface area contributed by atoms with Crippen LogP contribution in [0.25, 0.3) is 0 Å². The summed E-state index contributed by atoms with van der Waals surface area (Å²) in [5.74, 6) is 0.406. The second kappa shape index (κ2) is 9.59. The molecule has 2 aromatic rings. The van der Waals surface area contributed by atoms with E-state index in [0.29, 0.717) is 44.0 Å². The number of carbonyl (C=O) groups excluding carboxylic acids is 1. The smallest absolute Gasteiger partial charge is 0.251 e. The van der Waals surface area contributed by atoms with Crippen LogP contribution in [0, 0.1) is 13.8 Å². The third-order valence-corrected chi connectivity index (χ3v) is 6.85. The maximum Gasteiger partial charge on any atom is 0.251 e. The Balaban J connectivity index is 1.67. The fraction of sp³-hybridized carbons (Fsp3) is 0.409. The van der Waals surface area contributed by atoms with E-state index in [-0.39, 0.29) is 16.8 Å². The van der Waals surface area contributed by atoms with Crippen molar-refractivity contribution in [2.24, 2.45) is 0 Å². The molecule has 1 heterocycles. The number of rotatable bonds is 7. The molecule has 0 aliphatic carbocycles. The summed E-state index contributed by atoms with van der Waals surface area (Å²) in [7, 11) is -3.66. The zero-order valence-corrected chi connectivity index (χ0v) is 18.4. The van der Waals surface area contributed by atoms with Crippen molar-refractivity contribution in [2.45, 2.75) is 31.7 Å². The van der Waals surface area contributed by atoms with E-state index < -0.39 is 10.0 Å². The summed E-state index contributed by atoms with van der Waals surface area (Å²) in [5, 5.41) is 2.88. The predicted octanol–water partition coefficient (Wildman–Crippen LogP) is 2.52. The summed E-state index contributed by atoms with van der Waals surface area (Å²) < 4.78 is 38.1. The predicted molar refractivity (Wildman–Crippen MR) is 114 cm³/mol. The number of hydrogen-bond acceptors (Lipinski definition) is 5. The summed E-state index contributed by atoms with van der Waals surface area (Å²) in [5.41, 5.74) is 2.19. The molecule has 0 bridgehead atoms. The van der Waals surface area contributed by atoms with Crippen LogP contribution >= 0.6 is 0 Å². The third-order valence-electron chi connectivity index (χ3n) is 4.96. The Bertz CT molecular complexity index is 983. The van der Waals surface area contributed by atoms with Crippen molar-refractivity contribution < 1.29 is 22.7 Å². The molecule has 1 aliphatic rings. The Kier molecular flexibility index (Phi) is 7.12. The van der Waals surface area contributed by atoms with E-state index in [4.69, 9.17) is 9.47 Å². The zero-order valence-electron chi connectivity index (χ0n) is 17.6. The molecule has 1 fully saturated rings. The summed E-state index contributed by atoms with van der Waals surface area (Å²) in [4.78, 5) is 12.9. The van der Waals surface area contributed by atoms with E-state index in [9.17, 15) is 13.2 Å². The second-order valence-electron chi connectivity index (χ2n) is 7.49. The lowest BCUT2D eigenvalue weighted by molar-refractivity contribution is 0.0730. The van der Waals surface area contributed by atoms with Crippen LogP contribution in [-0.4, -0.2) is 57.6 Å². The van der Waals surface area contributed by atoms with Gasteiger partial charge < -0.3 is 14.8 Å². The summed E-state index contributed by atoms with van der Waals surface area (Å²) >= 11 is 0. The van der Waals surface area contributed by atoms with Crippen molar-refractivity contribution in [3.05, 3.63) is 59.2 Å². The van der Waals surface area contributed by atoms with Gasteiger partial charge in [-0.1, -0.05) is 23.8 Å². The number of hydrogen-bond donors (Lipinski definition) is 1. The number of amides is 1. The number of sulfonamides is 1. The number of aryl methyl sites for hydroxylation is 2. The van der Waals surface area contributed by atoms with Crippen molar-refractivity contribution in [3.8, 4) is 5.75 Å². The van der Waals surface area contributed by atoms with Gasteiger partial charge in [0.25, 0.3) is 5.91 Å². The highest BCUT2D eigenvalue weighted by atomic mass is 32.2. The fourth-order valence-corrected chi connectivity index (χ4v) is 4.58. The molecule has 3 rings (SSSR count). The van der Waals surface area contributed by atoms with Crippen LogP contribution in [0.2, 0.25) is 0 Å². The van der Waals surface area contributed by atoms with E-state index in [0.717, 1.165) is 11.3 Å². The van der Waals surface area contributed by atoms with Gasteiger partial charge in [-0.2, -0.15) is 4.31 Å². The Hall–Kier alpha value is -2.42. The van der Waals surface area contributed by atoms with E-state index in [2.05, 4.69) is 5.32 Å².